The Morgan fingerprint density at radius 1 is 0.933 bits per heavy atom. The van der Waals surface area contributed by atoms with Crippen LogP contribution in [0.15, 0.2) is 60.7 Å². The number of anilines is 1. The largest absolute Gasteiger partial charge is 0.456 e. The topological polar surface area (TPSA) is 110 Å². The number of rotatable bonds is 5. The van der Waals surface area contributed by atoms with Gasteiger partial charge in [0.05, 0.1) is 46.0 Å². The molecule has 0 saturated heterocycles. The molecule has 0 bridgehead atoms. The molecule has 3 aromatic carbocycles. The number of carbonyl (C=O) groups excluding carboxylic acids is 1. The van der Waals surface area contributed by atoms with E-state index in [2.05, 4.69) is 5.32 Å². The molecule has 0 aromatic heterocycles. The maximum Gasteiger partial charge on any atom is 0.228 e. The van der Waals surface area contributed by atoms with Gasteiger partial charge in [0.1, 0.15) is 17.6 Å². The summed E-state index contributed by atoms with van der Waals surface area (Å²) < 4.78 is 5.76. The first-order chi connectivity index (χ1) is 14.5. The van der Waals surface area contributed by atoms with Crippen LogP contribution in [0.2, 0.25) is 5.02 Å². The minimum atomic E-state index is -0.302. The molecular formula is C23H13ClN4O2. The summed E-state index contributed by atoms with van der Waals surface area (Å²) in [6.07, 6.45) is 0.0367. The van der Waals surface area contributed by atoms with Gasteiger partial charge >= 0.3 is 0 Å². The highest BCUT2D eigenvalue weighted by Gasteiger charge is 2.11. The first-order valence-electron chi connectivity index (χ1n) is 8.73. The van der Waals surface area contributed by atoms with Gasteiger partial charge in [-0.25, -0.2) is 0 Å². The average Bonchev–Trinajstić information content (AvgIpc) is 2.76. The average molecular weight is 413 g/mol. The van der Waals surface area contributed by atoms with Gasteiger partial charge in [-0.3, -0.25) is 4.79 Å². The van der Waals surface area contributed by atoms with Crippen LogP contribution in [0.5, 0.6) is 11.5 Å². The number of halogens is 1. The number of nitrogens with zero attached hydrogens (tertiary/aromatic N) is 3. The molecule has 144 valence electrons. The van der Waals surface area contributed by atoms with E-state index in [1.807, 2.05) is 18.2 Å². The molecule has 1 N–H and O–H groups in total. The van der Waals surface area contributed by atoms with Crippen molar-refractivity contribution in [1.82, 2.24) is 0 Å². The van der Waals surface area contributed by atoms with Crippen LogP contribution < -0.4 is 10.1 Å². The predicted molar refractivity (Wildman–Crippen MR) is 111 cm³/mol. The fourth-order valence-electron chi connectivity index (χ4n) is 2.72. The van der Waals surface area contributed by atoms with Crippen LogP contribution in [0.25, 0.3) is 0 Å². The van der Waals surface area contributed by atoms with Gasteiger partial charge in [0.2, 0.25) is 5.91 Å². The van der Waals surface area contributed by atoms with E-state index in [0.29, 0.717) is 27.6 Å². The molecule has 3 rings (SSSR count). The summed E-state index contributed by atoms with van der Waals surface area (Å²) in [5.74, 6) is 0.277. The van der Waals surface area contributed by atoms with E-state index in [-0.39, 0.29) is 29.2 Å². The van der Waals surface area contributed by atoms with Gasteiger partial charge in [-0.05, 0) is 48.0 Å². The fourth-order valence-corrected chi connectivity index (χ4v) is 2.88. The van der Waals surface area contributed by atoms with Crippen molar-refractivity contribution in [3.63, 3.8) is 0 Å². The second-order valence-corrected chi connectivity index (χ2v) is 6.63. The lowest BCUT2D eigenvalue weighted by Crippen LogP contribution is -2.15. The van der Waals surface area contributed by atoms with E-state index in [1.165, 1.54) is 18.2 Å². The number of ether oxygens (including phenoxy) is 1. The molecule has 0 aliphatic rings. The van der Waals surface area contributed by atoms with Crippen molar-refractivity contribution >= 4 is 23.2 Å². The van der Waals surface area contributed by atoms with Gasteiger partial charge in [0.15, 0.2) is 0 Å². The van der Waals surface area contributed by atoms with Gasteiger partial charge in [0.25, 0.3) is 0 Å². The van der Waals surface area contributed by atoms with Crippen LogP contribution in [-0.4, -0.2) is 5.91 Å². The maximum absolute atomic E-state index is 12.4. The summed E-state index contributed by atoms with van der Waals surface area (Å²) in [4.78, 5) is 12.4. The lowest BCUT2D eigenvalue weighted by molar-refractivity contribution is -0.115. The number of para-hydroxylation sites is 1. The van der Waals surface area contributed by atoms with Crippen molar-refractivity contribution in [1.29, 1.82) is 15.8 Å². The molecule has 6 nitrogen and oxygen atoms in total. The van der Waals surface area contributed by atoms with E-state index < -0.39 is 0 Å². The highest BCUT2D eigenvalue weighted by atomic mass is 35.5. The minimum Gasteiger partial charge on any atom is -0.456 e. The van der Waals surface area contributed by atoms with Crippen LogP contribution in [0.1, 0.15) is 22.3 Å². The molecule has 0 aliphatic carbocycles. The second-order valence-electron chi connectivity index (χ2n) is 6.22. The Balaban J connectivity index is 1.79. The first-order valence-corrected chi connectivity index (χ1v) is 9.10. The standard InChI is InChI=1S/C23H13ClN4O2/c24-20-6-5-15(11-23(29)28-21-4-2-1-3-18(21)14-27)10-22(20)30-19-8-16(12-25)7-17(9-19)13-26/h1-10H,11H2,(H,28,29). The molecule has 0 spiro atoms. The number of benzene rings is 3. The number of nitrogens with one attached hydrogen (secondary N) is 1. The van der Waals surface area contributed by atoms with Crippen LogP contribution in [-0.2, 0) is 11.2 Å². The van der Waals surface area contributed by atoms with Crippen molar-refractivity contribution in [2.75, 3.05) is 5.32 Å². The third kappa shape index (κ3) is 4.94. The van der Waals surface area contributed by atoms with Crippen molar-refractivity contribution < 1.29 is 9.53 Å². The number of hydrogen-bond donors (Lipinski definition) is 1. The second kappa shape index (κ2) is 9.26. The van der Waals surface area contributed by atoms with E-state index in [1.54, 1.807) is 42.5 Å². The summed E-state index contributed by atoms with van der Waals surface area (Å²) in [6.45, 7) is 0. The van der Waals surface area contributed by atoms with Crippen LogP contribution >= 0.6 is 11.6 Å². The molecule has 30 heavy (non-hydrogen) atoms. The monoisotopic (exact) mass is 412 g/mol. The SMILES string of the molecule is N#Cc1cc(C#N)cc(Oc2cc(CC(=O)Nc3ccccc3C#N)ccc2Cl)c1. The number of nitriles is 3. The van der Waals surface area contributed by atoms with Gasteiger partial charge in [0, 0.05) is 0 Å². The summed E-state index contributed by atoms with van der Waals surface area (Å²) in [7, 11) is 0. The minimum absolute atomic E-state index is 0.0367. The molecule has 3 aromatic rings. The predicted octanol–water partition coefficient (Wildman–Crippen LogP) is 4.93. The van der Waals surface area contributed by atoms with E-state index in [4.69, 9.17) is 32.1 Å². The van der Waals surface area contributed by atoms with E-state index >= 15 is 0 Å². The van der Waals surface area contributed by atoms with Gasteiger partial charge in [-0.2, -0.15) is 15.8 Å². The molecule has 0 heterocycles. The first kappa shape index (κ1) is 20.4. The summed E-state index contributed by atoms with van der Waals surface area (Å²) >= 11 is 6.21. The zero-order valence-corrected chi connectivity index (χ0v) is 16.3. The third-order valence-corrected chi connectivity index (χ3v) is 4.39. The lowest BCUT2D eigenvalue weighted by Gasteiger charge is -2.11. The number of amides is 1. The van der Waals surface area contributed by atoms with Crippen molar-refractivity contribution in [3.05, 3.63) is 87.9 Å². The Kier molecular flexibility index (Phi) is 6.30. The number of hydrogen-bond acceptors (Lipinski definition) is 5. The Hall–Kier alpha value is -4.31. The van der Waals surface area contributed by atoms with Gasteiger partial charge in [-0.1, -0.05) is 29.8 Å². The quantitative estimate of drug-likeness (QED) is 0.638. The summed E-state index contributed by atoms with van der Waals surface area (Å²) in [5, 5.41) is 30.4. The zero-order valence-electron chi connectivity index (χ0n) is 15.5. The maximum atomic E-state index is 12.4. The molecule has 0 atom stereocenters. The molecule has 0 unspecified atom stereocenters. The van der Waals surface area contributed by atoms with E-state index in [0.717, 1.165) is 0 Å². The molecule has 7 heteroatoms. The fraction of sp³-hybridized carbons (Fsp3) is 0.0435. The Morgan fingerprint density at radius 3 is 2.30 bits per heavy atom. The number of carbonyl (C=O) groups is 1. The lowest BCUT2D eigenvalue weighted by atomic mass is 10.1. The summed E-state index contributed by atoms with van der Waals surface area (Å²) in [5.41, 5.74) is 2.02. The molecule has 0 radical (unpaired) electrons. The van der Waals surface area contributed by atoms with Crippen molar-refractivity contribution in [2.24, 2.45) is 0 Å². The highest BCUT2D eigenvalue weighted by Crippen LogP contribution is 2.31. The van der Waals surface area contributed by atoms with Crippen LogP contribution in [0.4, 0.5) is 5.69 Å². The van der Waals surface area contributed by atoms with Crippen molar-refractivity contribution in [2.45, 2.75) is 6.42 Å². The molecule has 1 amide bonds. The van der Waals surface area contributed by atoms with Crippen molar-refractivity contribution in [3.8, 4) is 29.7 Å². The molecular weight excluding hydrogens is 400 g/mol. The Bertz CT molecular complexity index is 1220. The molecule has 0 saturated carbocycles. The van der Waals surface area contributed by atoms with E-state index in [9.17, 15) is 4.79 Å². The van der Waals surface area contributed by atoms with Gasteiger partial charge < -0.3 is 10.1 Å². The smallest absolute Gasteiger partial charge is 0.228 e. The zero-order chi connectivity index (χ0) is 21.5. The Morgan fingerprint density at radius 2 is 1.63 bits per heavy atom. The highest BCUT2D eigenvalue weighted by molar-refractivity contribution is 6.32. The van der Waals surface area contributed by atoms with Gasteiger partial charge in [-0.15, -0.1) is 0 Å². The molecule has 0 fully saturated rings. The summed E-state index contributed by atoms with van der Waals surface area (Å²) in [6, 6.07) is 22.0. The van der Waals surface area contributed by atoms with Crippen LogP contribution in [0, 0.1) is 34.0 Å². The Labute approximate surface area is 178 Å². The molecule has 0 aliphatic heterocycles. The van der Waals surface area contributed by atoms with Crippen LogP contribution in [0.3, 0.4) is 0 Å². The normalized spacial score (nSPS) is 9.67. The third-order valence-electron chi connectivity index (χ3n) is 4.07.